The van der Waals surface area contributed by atoms with Crippen molar-refractivity contribution in [1.29, 1.82) is 0 Å². The van der Waals surface area contributed by atoms with E-state index in [4.69, 9.17) is 17.3 Å². The lowest BCUT2D eigenvalue weighted by Gasteiger charge is -1.99. The first-order valence-corrected chi connectivity index (χ1v) is 4.43. The molecule has 3 N–H and O–H groups in total. The Morgan fingerprint density at radius 2 is 2.38 bits per heavy atom. The van der Waals surface area contributed by atoms with Gasteiger partial charge >= 0.3 is 0 Å². The van der Waals surface area contributed by atoms with Gasteiger partial charge in [-0.1, -0.05) is 11.6 Å². The van der Waals surface area contributed by atoms with E-state index in [1.165, 1.54) is 0 Å². The maximum Gasteiger partial charge on any atom is 0.139 e. The molecule has 0 unspecified atom stereocenters. The van der Waals surface area contributed by atoms with E-state index in [1.807, 2.05) is 19.2 Å². The molecule has 0 aliphatic rings. The summed E-state index contributed by atoms with van der Waals surface area (Å²) in [5.74, 6) is 0. The van der Waals surface area contributed by atoms with Crippen molar-refractivity contribution in [3.63, 3.8) is 0 Å². The summed E-state index contributed by atoms with van der Waals surface area (Å²) in [5, 5.41) is 1.60. The lowest BCUT2D eigenvalue weighted by atomic mass is 10.1. The minimum absolute atomic E-state index is 0.510. The Morgan fingerprint density at radius 1 is 1.62 bits per heavy atom. The highest BCUT2D eigenvalue weighted by Gasteiger charge is 2.06. The molecule has 0 radical (unpaired) electrons. The fourth-order valence-corrected chi connectivity index (χ4v) is 1.78. The molecule has 0 saturated carbocycles. The number of nitrogens with zero attached hydrogens (tertiary/aromatic N) is 1. The third-order valence-corrected chi connectivity index (χ3v) is 2.30. The number of H-pyrrole nitrogens is 1. The van der Waals surface area contributed by atoms with Crippen LogP contribution in [0.3, 0.4) is 0 Å². The summed E-state index contributed by atoms with van der Waals surface area (Å²) >= 11 is 5.81. The van der Waals surface area contributed by atoms with Crippen molar-refractivity contribution in [2.75, 3.05) is 0 Å². The second kappa shape index (κ2) is 3.01. The van der Waals surface area contributed by atoms with Gasteiger partial charge < -0.3 is 10.7 Å². The molecule has 3 nitrogen and oxygen atoms in total. The van der Waals surface area contributed by atoms with E-state index >= 15 is 0 Å². The van der Waals surface area contributed by atoms with Crippen molar-refractivity contribution in [3.8, 4) is 0 Å². The number of nitrogens with two attached hydrogens (primary N) is 1. The lowest BCUT2D eigenvalue weighted by Crippen LogP contribution is -1.95. The number of rotatable bonds is 1. The molecule has 2 aromatic rings. The minimum atomic E-state index is 0.510. The van der Waals surface area contributed by atoms with Gasteiger partial charge in [0.2, 0.25) is 0 Å². The summed E-state index contributed by atoms with van der Waals surface area (Å²) in [6.45, 7) is 2.52. The van der Waals surface area contributed by atoms with Gasteiger partial charge in [-0.3, -0.25) is 0 Å². The fourth-order valence-electron chi connectivity index (χ4n) is 1.53. The van der Waals surface area contributed by atoms with Crippen LogP contribution in [0.4, 0.5) is 0 Å². The van der Waals surface area contributed by atoms with Crippen LogP contribution in [0.2, 0.25) is 5.15 Å². The molecule has 4 heteroatoms. The number of nitrogens with one attached hydrogen (secondary N) is 1. The molecule has 0 aromatic carbocycles. The molecule has 13 heavy (non-hydrogen) atoms. The van der Waals surface area contributed by atoms with Gasteiger partial charge in [0.1, 0.15) is 10.8 Å². The standard InChI is InChI=1S/C9H10ClN3/c1-5-2-7(10)13-9-8(5)6(3-11)4-12-9/h2,4H,3,11H2,1H3,(H,12,13). The fraction of sp³-hybridized carbons (Fsp3) is 0.222. The summed E-state index contributed by atoms with van der Waals surface area (Å²) in [6.07, 6.45) is 1.88. The summed E-state index contributed by atoms with van der Waals surface area (Å²) in [6, 6.07) is 1.84. The molecule has 0 aliphatic heterocycles. The van der Waals surface area contributed by atoms with E-state index in [-0.39, 0.29) is 0 Å². The van der Waals surface area contributed by atoms with E-state index < -0.39 is 0 Å². The summed E-state index contributed by atoms with van der Waals surface area (Å²) < 4.78 is 0. The van der Waals surface area contributed by atoms with Crippen LogP contribution in [0.1, 0.15) is 11.1 Å². The molecule has 2 heterocycles. The zero-order valence-corrected chi connectivity index (χ0v) is 8.02. The van der Waals surface area contributed by atoms with E-state index in [9.17, 15) is 0 Å². The Labute approximate surface area is 80.9 Å². The van der Waals surface area contributed by atoms with Gasteiger partial charge in [-0.2, -0.15) is 0 Å². The Hall–Kier alpha value is -1.06. The molecule has 68 valence electrons. The van der Waals surface area contributed by atoms with E-state index in [0.29, 0.717) is 11.7 Å². The molecular formula is C9H10ClN3. The van der Waals surface area contributed by atoms with Gasteiger partial charge in [0.15, 0.2) is 0 Å². The van der Waals surface area contributed by atoms with Gasteiger partial charge in [0, 0.05) is 18.1 Å². The first kappa shape index (κ1) is 8.53. The third-order valence-electron chi connectivity index (χ3n) is 2.11. The van der Waals surface area contributed by atoms with Crippen molar-refractivity contribution >= 4 is 22.6 Å². The highest BCUT2D eigenvalue weighted by molar-refractivity contribution is 6.29. The topological polar surface area (TPSA) is 54.7 Å². The van der Waals surface area contributed by atoms with Crippen LogP contribution in [-0.2, 0) is 6.54 Å². The van der Waals surface area contributed by atoms with Crippen LogP contribution in [-0.4, -0.2) is 9.97 Å². The van der Waals surface area contributed by atoms with Crippen LogP contribution < -0.4 is 5.73 Å². The molecule has 2 aromatic heterocycles. The van der Waals surface area contributed by atoms with Crippen LogP contribution in [0.5, 0.6) is 0 Å². The average Bonchev–Trinajstić information content (AvgIpc) is 2.47. The smallest absolute Gasteiger partial charge is 0.139 e. The highest BCUT2D eigenvalue weighted by atomic mass is 35.5. The number of fused-ring (bicyclic) bond motifs is 1. The van der Waals surface area contributed by atoms with Crippen LogP contribution >= 0.6 is 11.6 Å². The number of halogens is 1. The number of aryl methyl sites for hydroxylation is 1. The van der Waals surface area contributed by atoms with E-state index in [2.05, 4.69) is 9.97 Å². The van der Waals surface area contributed by atoms with Crippen molar-refractivity contribution in [2.45, 2.75) is 13.5 Å². The average molecular weight is 196 g/mol. The molecule has 0 fully saturated rings. The highest BCUT2D eigenvalue weighted by Crippen LogP contribution is 2.22. The first-order valence-electron chi connectivity index (χ1n) is 4.05. The van der Waals surface area contributed by atoms with Crippen molar-refractivity contribution in [1.82, 2.24) is 9.97 Å². The van der Waals surface area contributed by atoms with Crippen LogP contribution in [0.25, 0.3) is 11.0 Å². The SMILES string of the molecule is Cc1cc(Cl)nc2[nH]cc(CN)c12. The molecule has 0 aliphatic carbocycles. The Morgan fingerprint density at radius 3 is 3.08 bits per heavy atom. The quantitative estimate of drug-likeness (QED) is 0.684. The van der Waals surface area contributed by atoms with Crippen molar-refractivity contribution < 1.29 is 0 Å². The summed E-state index contributed by atoms with van der Waals surface area (Å²) in [7, 11) is 0. The molecule has 0 spiro atoms. The zero-order chi connectivity index (χ0) is 9.42. The number of aromatic amines is 1. The van der Waals surface area contributed by atoms with Crippen molar-refractivity contribution in [2.24, 2.45) is 5.73 Å². The Balaban J connectivity index is 2.82. The second-order valence-corrected chi connectivity index (χ2v) is 3.39. The van der Waals surface area contributed by atoms with Crippen LogP contribution in [0.15, 0.2) is 12.3 Å². The van der Waals surface area contributed by atoms with Gasteiger partial charge in [-0.05, 0) is 24.1 Å². The Bertz CT molecular complexity index is 447. The Kier molecular flexibility index (Phi) is 1.98. The van der Waals surface area contributed by atoms with E-state index in [1.54, 1.807) is 0 Å². The number of hydrogen-bond acceptors (Lipinski definition) is 2. The minimum Gasteiger partial charge on any atom is -0.346 e. The van der Waals surface area contributed by atoms with Gasteiger partial charge in [0.05, 0.1) is 0 Å². The second-order valence-electron chi connectivity index (χ2n) is 3.00. The first-order chi connectivity index (χ1) is 6.22. The third kappa shape index (κ3) is 1.30. The maximum atomic E-state index is 5.81. The number of aromatic nitrogens is 2. The van der Waals surface area contributed by atoms with Crippen molar-refractivity contribution in [3.05, 3.63) is 28.5 Å². The predicted molar refractivity (Wildman–Crippen MR) is 53.7 cm³/mol. The normalized spacial score (nSPS) is 11.0. The van der Waals surface area contributed by atoms with Gasteiger partial charge in [-0.15, -0.1) is 0 Å². The van der Waals surface area contributed by atoms with Crippen LogP contribution in [0, 0.1) is 6.92 Å². The monoisotopic (exact) mass is 195 g/mol. The van der Waals surface area contributed by atoms with Gasteiger partial charge in [0.25, 0.3) is 0 Å². The largest absolute Gasteiger partial charge is 0.346 e. The van der Waals surface area contributed by atoms with Gasteiger partial charge in [-0.25, -0.2) is 4.98 Å². The molecule has 0 saturated heterocycles. The molecule has 0 bridgehead atoms. The molecular weight excluding hydrogens is 186 g/mol. The number of hydrogen-bond donors (Lipinski definition) is 2. The summed E-state index contributed by atoms with van der Waals surface area (Å²) in [4.78, 5) is 7.20. The number of pyridine rings is 1. The molecule has 0 atom stereocenters. The molecule has 2 rings (SSSR count). The molecule has 0 amide bonds. The zero-order valence-electron chi connectivity index (χ0n) is 7.26. The van der Waals surface area contributed by atoms with E-state index in [0.717, 1.165) is 22.2 Å². The maximum absolute atomic E-state index is 5.81. The summed E-state index contributed by atoms with van der Waals surface area (Å²) in [5.41, 5.74) is 8.59. The predicted octanol–water partition coefficient (Wildman–Crippen LogP) is 1.98. The lowest BCUT2D eigenvalue weighted by molar-refractivity contribution is 1.08.